The number of carbonyl (C=O) groups is 3. The van der Waals surface area contributed by atoms with Crippen LogP contribution in [-0.4, -0.2) is 17.7 Å². The molecule has 42 heavy (non-hydrogen) atoms. The normalized spacial score (nSPS) is 16.6. The van der Waals surface area contributed by atoms with Gasteiger partial charge in [-0.15, -0.1) is 0 Å². The fourth-order valence-corrected chi connectivity index (χ4v) is 5.70. The van der Waals surface area contributed by atoms with Gasteiger partial charge in [-0.05, 0) is 48.8 Å². The highest BCUT2D eigenvalue weighted by Gasteiger charge is 2.55. The van der Waals surface area contributed by atoms with Gasteiger partial charge >= 0.3 is 11.9 Å². The molecule has 0 radical (unpaired) electrons. The molecule has 0 amide bonds. The predicted octanol–water partition coefficient (Wildman–Crippen LogP) is 7.29. The molecule has 1 fully saturated rings. The van der Waals surface area contributed by atoms with E-state index in [1.54, 1.807) is 0 Å². The number of ether oxygens (including phenoxy) is 2. The molecule has 1 saturated carbocycles. The van der Waals surface area contributed by atoms with Crippen LogP contribution in [0.25, 0.3) is 0 Å². The lowest BCUT2D eigenvalue weighted by Crippen LogP contribution is -2.40. The molecule has 0 bridgehead atoms. The zero-order valence-electron chi connectivity index (χ0n) is 23.7. The molecule has 0 N–H and O–H groups in total. The Balaban J connectivity index is 1.41. The molecule has 1 aliphatic carbocycles. The van der Waals surface area contributed by atoms with Gasteiger partial charge in [0, 0.05) is 11.1 Å². The number of ketones is 1. The fourth-order valence-electron chi connectivity index (χ4n) is 5.70. The monoisotopic (exact) mass is 558 g/mol. The average Bonchev–Trinajstić information content (AvgIpc) is 3.43. The average molecular weight is 559 g/mol. The Morgan fingerprint density at radius 3 is 1.76 bits per heavy atom. The van der Waals surface area contributed by atoms with Crippen molar-refractivity contribution >= 4 is 17.7 Å². The summed E-state index contributed by atoms with van der Waals surface area (Å²) in [5.41, 5.74) is 3.29. The van der Waals surface area contributed by atoms with Crippen LogP contribution in [0, 0.1) is 11.3 Å². The third-order valence-electron chi connectivity index (χ3n) is 7.97. The smallest absolute Gasteiger partial charge is 0.324 e. The zero-order valence-corrected chi connectivity index (χ0v) is 23.7. The molecule has 0 spiro atoms. The lowest BCUT2D eigenvalue weighted by Gasteiger charge is -2.25. The van der Waals surface area contributed by atoms with Gasteiger partial charge < -0.3 is 9.47 Å². The van der Waals surface area contributed by atoms with Crippen molar-refractivity contribution in [3.8, 4) is 0 Å². The SMILES string of the molecule is C/C=C1\CC(C(=O)OCc2ccccc2)(C(=O)OCc2ccccc2)CC1Cc1ccccc1C(=O)c1ccccc1. The van der Waals surface area contributed by atoms with Crippen molar-refractivity contribution in [3.05, 3.63) is 155 Å². The Bertz CT molecular complexity index is 1500. The third kappa shape index (κ3) is 6.41. The van der Waals surface area contributed by atoms with Crippen molar-refractivity contribution in [1.82, 2.24) is 0 Å². The van der Waals surface area contributed by atoms with Crippen LogP contribution in [0.2, 0.25) is 0 Å². The molecular formula is C37H34O5. The van der Waals surface area contributed by atoms with E-state index < -0.39 is 17.4 Å². The van der Waals surface area contributed by atoms with Crippen molar-refractivity contribution in [2.24, 2.45) is 11.3 Å². The minimum absolute atomic E-state index is 0.0537. The summed E-state index contributed by atoms with van der Waals surface area (Å²) in [7, 11) is 0. The van der Waals surface area contributed by atoms with E-state index in [0.29, 0.717) is 17.5 Å². The molecule has 0 heterocycles. The van der Waals surface area contributed by atoms with E-state index in [1.807, 2.05) is 128 Å². The molecule has 5 nitrogen and oxygen atoms in total. The van der Waals surface area contributed by atoms with E-state index in [-0.39, 0.29) is 37.8 Å². The molecule has 1 unspecified atom stereocenters. The van der Waals surface area contributed by atoms with Gasteiger partial charge in [-0.1, -0.05) is 127 Å². The summed E-state index contributed by atoms with van der Waals surface area (Å²) in [4.78, 5) is 41.0. The topological polar surface area (TPSA) is 69.7 Å². The number of benzene rings is 4. The Morgan fingerprint density at radius 1 is 0.714 bits per heavy atom. The maximum Gasteiger partial charge on any atom is 0.324 e. The molecule has 212 valence electrons. The minimum atomic E-state index is -1.48. The van der Waals surface area contributed by atoms with E-state index in [0.717, 1.165) is 22.3 Å². The number of allylic oxidation sites excluding steroid dienone is 2. The number of esters is 2. The summed E-state index contributed by atoms with van der Waals surface area (Å²) in [6.07, 6.45) is 2.93. The molecule has 1 aliphatic rings. The predicted molar refractivity (Wildman–Crippen MR) is 161 cm³/mol. The summed E-state index contributed by atoms with van der Waals surface area (Å²) < 4.78 is 11.6. The van der Waals surface area contributed by atoms with E-state index in [4.69, 9.17) is 9.47 Å². The Hall–Kier alpha value is -4.77. The van der Waals surface area contributed by atoms with Crippen molar-refractivity contribution in [1.29, 1.82) is 0 Å². The van der Waals surface area contributed by atoms with Crippen molar-refractivity contribution in [2.45, 2.75) is 39.4 Å². The van der Waals surface area contributed by atoms with Gasteiger partial charge in [0.25, 0.3) is 0 Å². The fraction of sp³-hybridized carbons (Fsp3) is 0.216. The van der Waals surface area contributed by atoms with Crippen molar-refractivity contribution in [3.63, 3.8) is 0 Å². The van der Waals surface area contributed by atoms with Crippen LogP contribution in [-0.2, 0) is 38.7 Å². The van der Waals surface area contributed by atoms with Crippen LogP contribution in [0.3, 0.4) is 0 Å². The van der Waals surface area contributed by atoms with Gasteiger partial charge in [0.15, 0.2) is 11.2 Å². The highest BCUT2D eigenvalue weighted by molar-refractivity contribution is 6.10. The first-order valence-electron chi connectivity index (χ1n) is 14.2. The second-order valence-electron chi connectivity index (χ2n) is 10.7. The summed E-state index contributed by atoms with van der Waals surface area (Å²) >= 11 is 0. The summed E-state index contributed by atoms with van der Waals surface area (Å²) in [6.45, 7) is 2.05. The van der Waals surface area contributed by atoms with Gasteiger partial charge in [0.2, 0.25) is 0 Å². The maximum absolute atomic E-state index is 13.8. The van der Waals surface area contributed by atoms with E-state index >= 15 is 0 Å². The lowest BCUT2D eigenvalue weighted by molar-refractivity contribution is -0.174. The molecule has 4 aromatic rings. The molecule has 0 saturated heterocycles. The molecule has 0 aromatic heterocycles. The molecule has 4 aromatic carbocycles. The highest BCUT2D eigenvalue weighted by atomic mass is 16.6. The van der Waals surface area contributed by atoms with E-state index in [2.05, 4.69) is 0 Å². The Kier molecular flexibility index (Phi) is 9.08. The van der Waals surface area contributed by atoms with Crippen molar-refractivity contribution in [2.75, 3.05) is 0 Å². The van der Waals surface area contributed by atoms with Crippen LogP contribution < -0.4 is 0 Å². The zero-order chi connectivity index (χ0) is 29.4. The van der Waals surface area contributed by atoms with Gasteiger partial charge in [-0.25, -0.2) is 0 Å². The summed E-state index contributed by atoms with van der Waals surface area (Å²) in [5, 5.41) is 0. The second kappa shape index (κ2) is 13.3. The van der Waals surface area contributed by atoms with E-state index in [1.165, 1.54) is 0 Å². The quantitative estimate of drug-likeness (QED) is 0.0885. The lowest BCUT2D eigenvalue weighted by atomic mass is 9.83. The van der Waals surface area contributed by atoms with Crippen LogP contribution in [0.1, 0.15) is 52.4 Å². The number of carbonyl (C=O) groups excluding carboxylic acids is 3. The summed E-state index contributed by atoms with van der Waals surface area (Å²) in [5.74, 6) is -1.37. The third-order valence-corrected chi connectivity index (χ3v) is 7.97. The van der Waals surface area contributed by atoms with Crippen LogP contribution >= 0.6 is 0 Å². The first kappa shape index (κ1) is 28.7. The molecule has 1 atom stereocenters. The Labute approximate surface area is 246 Å². The van der Waals surface area contributed by atoms with Crippen LogP contribution in [0.5, 0.6) is 0 Å². The summed E-state index contributed by atoms with van der Waals surface area (Å²) in [6, 6.07) is 35.6. The minimum Gasteiger partial charge on any atom is -0.460 e. The number of rotatable bonds is 10. The van der Waals surface area contributed by atoms with Gasteiger partial charge in [0.1, 0.15) is 13.2 Å². The van der Waals surface area contributed by atoms with Gasteiger partial charge in [-0.3, -0.25) is 14.4 Å². The van der Waals surface area contributed by atoms with Crippen LogP contribution in [0.4, 0.5) is 0 Å². The highest BCUT2D eigenvalue weighted by Crippen LogP contribution is 2.49. The second-order valence-corrected chi connectivity index (χ2v) is 10.7. The molecule has 5 rings (SSSR count). The maximum atomic E-state index is 13.8. The first-order chi connectivity index (χ1) is 20.5. The van der Waals surface area contributed by atoms with Gasteiger partial charge in [-0.2, -0.15) is 0 Å². The largest absolute Gasteiger partial charge is 0.460 e. The molecule has 5 heteroatoms. The molecular weight excluding hydrogens is 524 g/mol. The van der Waals surface area contributed by atoms with Crippen LogP contribution in [0.15, 0.2) is 127 Å². The standard InChI is InChI=1S/C37H34O5/c1-2-29-23-37(35(39)41-25-27-14-6-3-7-15-27,36(40)42-26-28-16-8-4-9-17-28)24-32(29)22-31-20-12-13-21-33(31)34(38)30-18-10-5-11-19-30/h2-21,32H,22-26H2,1H3/b29-2+. The molecule has 0 aliphatic heterocycles. The van der Waals surface area contributed by atoms with Crippen molar-refractivity contribution < 1.29 is 23.9 Å². The van der Waals surface area contributed by atoms with Gasteiger partial charge in [0.05, 0.1) is 0 Å². The van der Waals surface area contributed by atoms with E-state index in [9.17, 15) is 14.4 Å². The first-order valence-corrected chi connectivity index (χ1v) is 14.2. The number of hydrogen-bond donors (Lipinski definition) is 0. The Morgan fingerprint density at radius 2 is 1.21 bits per heavy atom. The number of hydrogen-bond acceptors (Lipinski definition) is 5.